The van der Waals surface area contributed by atoms with E-state index in [4.69, 9.17) is 0 Å². The summed E-state index contributed by atoms with van der Waals surface area (Å²) < 4.78 is 0. The molecule has 0 aromatic rings. The number of hydrogen-bond acceptors (Lipinski definition) is 3. The molecule has 2 aliphatic rings. The second-order valence-corrected chi connectivity index (χ2v) is 6.24. The highest BCUT2D eigenvalue weighted by molar-refractivity contribution is 5.81. The fourth-order valence-electron chi connectivity index (χ4n) is 3.60. The number of carboxylic acids is 1. The van der Waals surface area contributed by atoms with Crippen LogP contribution in [0.15, 0.2) is 0 Å². The highest BCUT2D eigenvalue weighted by Crippen LogP contribution is 2.35. The smallest absolute Gasteiger partial charge is 0.311 e. The Labute approximate surface area is 120 Å². The van der Waals surface area contributed by atoms with E-state index in [1.807, 2.05) is 11.8 Å². The third-order valence-electron chi connectivity index (χ3n) is 4.72. The predicted molar refractivity (Wildman–Crippen MR) is 76.4 cm³/mol. The molecule has 2 atom stereocenters. The highest BCUT2D eigenvalue weighted by atomic mass is 16.4. The first kappa shape index (κ1) is 15.3. The maximum atomic E-state index is 12.6. The van der Waals surface area contributed by atoms with Gasteiger partial charge in [0.15, 0.2) is 0 Å². The van der Waals surface area contributed by atoms with Crippen LogP contribution in [0.25, 0.3) is 0 Å². The molecule has 2 fully saturated rings. The molecule has 0 aromatic heterocycles. The molecule has 0 aromatic carbocycles. The van der Waals surface area contributed by atoms with Crippen LogP contribution < -0.4 is 5.32 Å². The van der Waals surface area contributed by atoms with Gasteiger partial charge in [0.2, 0.25) is 5.91 Å². The Morgan fingerprint density at radius 2 is 2.20 bits per heavy atom. The molecule has 1 amide bonds. The standard InChI is InChI=1S/C15H26N2O3/c1-2-6-15(14(19)20)7-4-9-17(11-15)13(18)12-5-3-8-16-10-12/h12,16H,2-11H2,1H3,(H,19,20)/t12-,15?/m1/s1. The fourth-order valence-corrected chi connectivity index (χ4v) is 3.60. The van der Waals surface area contributed by atoms with Gasteiger partial charge in [-0.25, -0.2) is 0 Å². The largest absolute Gasteiger partial charge is 0.481 e. The normalized spacial score (nSPS) is 31.1. The summed E-state index contributed by atoms with van der Waals surface area (Å²) in [5, 5.41) is 12.8. The molecule has 0 bridgehead atoms. The van der Waals surface area contributed by atoms with E-state index in [-0.39, 0.29) is 11.8 Å². The second kappa shape index (κ2) is 6.57. The third-order valence-corrected chi connectivity index (χ3v) is 4.72. The monoisotopic (exact) mass is 282 g/mol. The Bertz CT molecular complexity index is 362. The van der Waals surface area contributed by atoms with Crippen molar-refractivity contribution in [1.82, 2.24) is 10.2 Å². The summed E-state index contributed by atoms with van der Waals surface area (Å²) in [5.74, 6) is -0.549. The number of rotatable bonds is 4. The molecule has 114 valence electrons. The van der Waals surface area contributed by atoms with Crippen LogP contribution in [-0.2, 0) is 9.59 Å². The minimum absolute atomic E-state index is 0.0370. The van der Waals surface area contributed by atoms with E-state index < -0.39 is 11.4 Å². The van der Waals surface area contributed by atoms with Gasteiger partial charge in [0, 0.05) is 19.6 Å². The van der Waals surface area contributed by atoms with Crippen LogP contribution >= 0.6 is 0 Å². The number of carbonyl (C=O) groups excluding carboxylic acids is 1. The summed E-state index contributed by atoms with van der Waals surface area (Å²) in [6.07, 6.45) is 4.97. The quantitative estimate of drug-likeness (QED) is 0.819. The molecule has 0 radical (unpaired) electrons. The average molecular weight is 282 g/mol. The van der Waals surface area contributed by atoms with Gasteiger partial charge in [-0.1, -0.05) is 13.3 Å². The average Bonchev–Trinajstić information content (AvgIpc) is 2.48. The summed E-state index contributed by atoms with van der Waals surface area (Å²) in [7, 11) is 0. The van der Waals surface area contributed by atoms with E-state index in [2.05, 4.69) is 5.32 Å². The van der Waals surface area contributed by atoms with E-state index in [9.17, 15) is 14.7 Å². The van der Waals surface area contributed by atoms with Crippen LogP contribution in [0, 0.1) is 11.3 Å². The Morgan fingerprint density at radius 1 is 1.40 bits per heavy atom. The van der Waals surface area contributed by atoms with Crippen LogP contribution in [0.3, 0.4) is 0 Å². The van der Waals surface area contributed by atoms with Gasteiger partial charge in [-0.2, -0.15) is 0 Å². The Kier molecular flexibility index (Phi) is 5.02. The van der Waals surface area contributed by atoms with Crippen molar-refractivity contribution in [1.29, 1.82) is 0 Å². The van der Waals surface area contributed by atoms with Crippen molar-refractivity contribution in [3.8, 4) is 0 Å². The van der Waals surface area contributed by atoms with Gasteiger partial charge in [0.05, 0.1) is 11.3 Å². The predicted octanol–water partition coefficient (Wildman–Crippen LogP) is 1.48. The maximum absolute atomic E-state index is 12.6. The van der Waals surface area contributed by atoms with Gasteiger partial charge < -0.3 is 15.3 Å². The zero-order valence-electron chi connectivity index (χ0n) is 12.4. The van der Waals surface area contributed by atoms with E-state index in [1.165, 1.54) is 0 Å². The van der Waals surface area contributed by atoms with Gasteiger partial charge >= 0.3 is 5.97 Å². The summed E-state index contributed by atoms with van der Waals surface area (Å²) in [6.45, 7) is 4.85. The molecule has 5 heteroatoms. The molecular formula is C15H26N2O3. The highest BCUT2D eigenvalue weighted by Gasteiger charge is 2.43. The molecular weight excluding hydrogens is 256 g/mol. The van der Waals surface area contributed by atoms with E-state index in [0.29, 0.717) is 25.9 Å². The number of carbonyl (C=O) groups is 2. The SMILES string of the molecule is CCCC1(C(=O)O)CCCN(C(=O)[C@@H]2CCCNC2)C1. The lowest BCUT2D eigenvalue weighted by molar-refractivity contribution is -0.156. The van der Waals surface area contributed by atoms with Crippen molar-refractivity contribution >= 4 is 11.9 Å². The summed E-state index contributed by atoms with van der Waals surface area (Å²) in [6, 6.07) is 0. The Hall–Kier alpha value is -1.10. The van der Waals surface area contributed by atoms with E-state index >= 15 is 0 Å². The molecule has 2 N–H and O–H groups in total. The molecule has 1 unspecified atom stereocenters. The number of nitrogens with zero attached hydrogens (tertiary/aromatic N) is 1. The second-order valence-electron chi connectivity index (χ2n) is 6.24. The molecule has 0 aliphatic carbocycles. The van der Waals surface area contributed by atoms with Crippen molar-refractivity contribution in [2.24, 2.45) is 11.3 Å². The number of aliphatic carboxylic acids is 1. The van der Waals surface area contributed by atoms with Gasteiger partial charge in [0.1, 0.15) is 0 Å². The lowest BCUT2D eigenvalue weighted by Gasteiger charge is -2.41. The van der Waals surface area contributed by atoms with E-state index in [0.717, 1.165) is 38.8 Å². The Balaban J connectivity index is 2.04. The third kappa shape index (κ3) is 3.14. The molecule has 2 rings (SSSR count). The van der Waals surface area contributed by atoms with Crippen molar-refractivity contribution in [2.75, 3.05) is 26.2 Å². The van der Waals surface area contributed by atoms with Crippen LogP contribution in [0.1, 0.15) is 45.4 Å². The van der Waals surface area contributed by atoms with Gasteiger partial charge in [-0.3, -0.25) is 9.59 Å². The molecule has 2 saturated heterocycles. The molecule has 5 nitrogen and oxygen atoms in total. The zero-order chi connectivity index (χ0) is 14.6. The van der Waals surface area contributed by atoms with Gasteiger partial charge in [-0.15, -0.1) is 0 Å². The first-order chi connectivity index (χ1) is 9.59. The number of nitrogens with one attached hydrogen (secondary N) is 1. The Morgan fingerprint density at radius 3 is 2.80 bits per heavy atom. The first-order valence-corrected chi connectivity index (χ1v) is 7.82. The minimum atomic E-state index is -0.737. The first-order valence-electron chi connectivity index (χ1n) is 7.82. The van der Waals surface area contributed by atoms with E-state index in [1.54, 1.807) is 0 Å². The van der Waals surface area contributed by atoms with Crippen LogP contribution in [-0.4, -0.2) is 48.1 Å². The van der Waals surface area contributed by atoms with Crippen molar-refractivity contribution in [3.05, 3.63) is 0 Å². The van der Waals surface area contributed by atoms with Crippen LogP contribution in [0.2, 0.25) is 0 Å². The number of carboxylic acid groups (broad SMARTS) is 1. The minimum Gasteiger partial charge on any atom is -0.481 e. The molecule has 2 aliphatic heterocycles. The molecule has 2 heterocycles. The summed E-state index contributed by atoms with van der Waals surface area (Å²) in [5.41, 5.74) is -0.718. The van der Waals surface area contributed by atoms with Gasteiger partial charge in [-0.05, 0) is 38.6 Å². The van der Waals surface area contributed by atoms with Crippen molar-refractivity contribution in [2.45, 2.75) is 45.4 Å². The molecule has 0 saturated carbocycles. The zero-order valence-corrected chi connectivity index (χ0v) is 12.4. The van der Waals surface area contributed by atoms with Crippen molar-refractivity contribution in [3.63, 3.8) is 0 Å². The maximum Gasteiger partial charge on any atom is 0.311 e. The fraction of sp³-hybridized carbons (Fsp3) is 0.867. The van der Waals surface area contributed by atoms with Crippen LogP contribution in [0.5, 0.6) is 0 Å². The number of piperidine rings is 2. The molecule has 20 heavy (non-hydrogen) atoms. The van der Waals surface area contributed by atoms with Crippen LogP contribution in [0.4, 0.5) is 0 Å². The topological polar surface area (TPSA) is 69.6 Å². The number of hydrogen-bond donors (Lipinski definition) is 2. The summed E-state index contributed by atoms with van der Waals surface area (Å²) >= 11 is 0. The molecule has 0 spiro atoms. The lowest BCUT2D eigenvalue weighted by atomic mass is 9.76. The number of likely N-dealkylation sites (tertiary alicyclic amines) is 1. The van der Waals surface area contributed by atoms with Gasteiger partial charge in [0.25, 0.3) is 0 Å². The number of amides is 1. The lowest BCUT2D eigenvalue weighted by Crippen LogP contribution is -2.52. The summed E-state index contributed by atoms with van der Waals surface area (Å²) in [4.78, 5) is 26.0. The van der Waals surface area contributed by atoms with Crippen molar-refractivity contribution < 1.29 is 14.7 Å².